The summed E-state index contributed by atoms with van der Waals surface area (Å²) in [5, 5.41) is 13.1. The van der Waals surface area contributed by atoms with Gasteiger partial charge in [0.05, 0.1) is 11.6 Å². The number of hydrogen-bond donors (Lipinski definition) is 4. The largest absolute Gasteiger partial charge is 0.490 e. The molecule has 4 aromatic rings. The van der Waals surface area contributed by atoms with Crippen molar-refractivity contribution in [2.24, 2.45) is 0 Å². The number of halogens is 4. The number of anilines is 1. The number of aliphatic carboxylic acids is 1. The van der Waals surface area contributed by atoms with Gasteiger partial charge >= 0.3 is 12.1 Å². The van der Waals surface area contributed by atoms with Gasteiger partial charge in [-0.3, -0.25) is 4.79 Å². The average molecular weight is 535 g/mol. The van der Waals surface area contributed by atoms with Gasteiger partial charge in [-0.2, -0.15) is 13.2 Å². The first-order valence-corrected chi connectivity index (χ1v) is 11.5. The van der Waals surface area contributed by atoms with E-state index in [4.69, 9.17) is 27.2 Å². The summed E-state index contributed by atoms with van der Waals surface area (Å²) >= 11 is 6.06. The first kappa shape index (κ1) is 26.2. The lowest BCUT2D eigenvalue weighted by Crippen LogP contribution is -2.37. The number of nitrogen functional groups attached to an aromatic ring is 1. The number of aromatic amines is 1. The number of carboxylic acid groups (broad SMARTS) is 1. The molecule has 2 aromatic carbocycles. The van der Waals surface area contributed by atoms with Crippen molar-refractivity contribution in [1.82, 2.24) is 25.2 Å². The molecule has 5 rings (SSSR count). The van der Waals surface area contributed by atoms with E-state index in [9.17, 15) is 18.0 Å². The molecule has 1 aliphatic heterocycles. The van der Waals surface area contributed by atoms with Crippen LogP contribution >= 0.6 is 11.6 Å². The summed E-state index contributed by atoms with van der Waals surface area (Å²) in [5.41, 5.74) is 9.78. The standard InChI is InChI=1S/C22H21ClN6O.C2HF3O2/c23-15-2-4-18-14(8-15)9-16(28-18)10-25-19-5-6-29(22(19)30)11-13-1-3-17-20(7-13)26-12-27-21(17)24;3-2(4,5)1(6)7/h1-4,7-9,12,19,25,28H,5-6,10-11H2,(H2,24,26,27);(H,6,7)/t19-;/m1./s1. The van der Waals surface area contributed by atoms with E-state index >= 15 is 0 Å². The second-order valence-electron chi connectivity index (χ2n) is 8.42. The van der Waals surface area contributed by atoms with Gasteiger partial charge in [0.25, 0.3) is 0 Å². The number of nitrogens with zero attached hydrogens (tertiary/aromatic N) is 3. The molecular weight excluding hydrogens is 513 g/mol. The van der Waals surface area contributed by atoms with Crippen molar-refractivity contribution < 1.29 is 27.9 Å². The maximum Gasteiger partial charge on any atom is 0.490 e. The van der Waals surface area contributed by atoms with E-state index in [1.54, 1.807) is 0 Å². The van der Waals surface area contributed by atoms with E-state index in [-0.39, 0.29) is 11.9 Å². The second-order valence-corrected chi connectivity index (χ2v) is 8.86. The van der Waals surface area contributed by atoms with Crippen molar-refractivity contribution in [2.45, 2.75) is 31.7 Å². The van der Waals surface area contributed by atoms with Gasteiger partial charge in [0.1, 0.15) is 12.1 Å². The Morgan fingerprint density at radius 3 is 2.70 bits per heavy atom. The van der Waals surface area contributed by atoms with Crippen LogP contribution in [0.25, 0.3) is 21.8 Å². The number of benzene rings is 2. The van der Waals surface area contributed by atoms with Crippen LogP contribution in [-0.2, 0) is 22.7 Å². The van der Waals surface area contributed by atoms with Crippen molar-refractivity contribution in [3.63, 3.8) is 0 Å². The number of nitrogens with two attached hydrogens (primary N) is 1. The molecule has 1 aliphatic rings. The molecule has 0 spiro atoms. The van der Waals surface area contributed by atoms with Crippen molar-refractivity contribution in [1.29, 1.82) is 0 Å². The maximum absolute atomic E-state index is 12.9. The Hall–Kier alpha value is -3.90. The Bertz CT molecular complexity index is 1460. The smallest absolute Gasteiger partial charge is 0.475 e. The minimum atomic E-state index is -5.08. The maximum atomic E-state index is 12.9. The number of carboxylic acids is 1. The minimum Gasteiger partial charge on any atom is -0.475 e. The topological polar surface area (TPSA) is 137 Å². The molecule has 5 N–H and O–H groups in total. The third kappa shape index (κ3) is 6.27. The monoisotopic (exact) mass is 534 g/mol. The summed E-state index contributed by atoms with van der Waals surface area (Å²) in [6.45, 7) is 1.88. The Balaban J connectivity index is 0.000000405. The number of carbonyl (C=O) groups is 2. The third-order valence-electron chi connectivity index (χ3n) is 5.82. The third-order valence-corrected chi connectivity index (χ3v) is 6.06. The predicted octanol–water partition coefficient (Wildman–Crippen LogP) is 3.87. The lowest BCUT2D eigenvalue weighted by atomic mass is 10.1. The SMILES string of the molecule is Nc1ncnc2cc(CN3CC[C@@H](NCc4cc5cc(Cl)ccc5[nH]4)C3=O)ccc12.O=C(O)C(F)(F)F. The number of likely N-dealkylation sites (tertiary alicyclic amines) is 1. The molecule has 1 atom stereocenters. The molecular formula is C24H22ClF3N6O3. The van der Waals surface area contributed by atoms with Gasteiger partial charge in [-0.25, -0.2) is 14.8 Å². The quantitative estimate of drug-likeness (QED) is 0.305. The van der Waals surface area contributed by atoms with Crippen molar-refractivity contribution >= 4 is 51.1 Å². The highest BCUT2D eigenvalue weighted by atomic mass is 35.5. The number of carbonyl (C=O) groups excluding carboxylic acids is 1. The fourth-order valence-electron chi connectivity index (χ4n) is 4.02. The molecule has 1 saturated heterocycles. The van der Waals surface area contributed by atoms with Crippen LogP contribution < -0.4 is 11.1 Å². The van der Waals surface area contributed by atoms with Crippen LogP contribution in [0.2, 0.25) is 5.02 Å². The Labute approximate surface area is 213 Å². The summed E-state index contributed by atoms with van der Waals surface area (Å²) in [5.74, 6) is -2.17. The number of H-pyrrole nitrogens is 1. The van der Waals surface area contributed by atoms with Gasteiger partial charge in [0.2, 0.25) is 5.91 Å². The Morgan fingerprint density at radius 1 is 1.22 bits per heavy atom. The molecule has 2 aromatic heterocycles. The van der Waals surface area contributed by atoms with Crippen molar-refractivity contribution in [2.75, 3.05) is 12.3 Å². The summed E-state index contributed by atoms with van der Waals surface area (Å²) < 4.78 is 31.7. The van der Waals surface area contributed by atoms with E-state index in [1.807, 2.05) is 41.3 Å². The average Bonchev–Trinajstić information content (AvgIpc) is 3.40. The van der Waals surface area contributed by atoms with Gasteiger partial charge in [-0.1, -0.05) is 17.7 Å². The van der Waals surface area contributed by atoms with Gasteiger partial charge in [0, 0.05) is 46.6 Å². The molecule has 1 amide bonds. The van der Waals surface area contributed by atoms with E-state index in [1.165, 1.54) is 6.33 Å². The Morgan fingerprint density at radius 2 is 1.97 bits per heavy atom. The lowest BCUT2D eigenvalue weighted by molar-refractivity contribution is -0.192. The lowest BCUT2D eigenvalue weighted by Gasteiger charge is -2.17. The van der Waals surface area contributed by atoms with E-state index in [2.05, 4.69) is 26.3 Å². The first-order chi connectivity index (χ1) is 17.5. The van der Waals surface area contributed by atoms with E-state index in [0.717, 1.165) is 46.0 Å². The van der Waals surface area contributed by atoms with E-state index < -0.39 is 12.1 Å². The highest BCUT2D eigenvalue weighted by Crippen LogP contribution is 2.22. The molecule has 37 heavy (non-hydrogen) atoms. The molecule has 1 fully saturated rings. The molecule has 3 heterocycles. The fraction of sp³-hybridized carbons (Fsp3) is 0.250. The van der Waals surface area contributed by atoms with Crippen molar-refractivity contribution in [3.8, 4) is 0 Å². The highest BCUT2D eigenvalue weighted by Gasteiger charge is 2.38. The van der Waals surface area contributed by atoms with Crippen molar-refractivity contribution in [3.05, 3.63) is 65.1 Å². The molecule has 9 nitrogen and oxygen atoms in total. The van der Waals surface area contributed by atoms with Crippen LogP contribution in [-0.4, -0.2) is 55.6 Å². The number of amides is 1. The van der Waals surface area contributed by atoms with Crippen LogP contribution in [0, 0.1) is 0 Å². The van der Waals surface area contributed by atoms with Crippen LogP contribution in [0.1, 0.15) is 17.7 Å². The number of rotatable bonds is 5. The summed E-state index contributed by atoms with van der Waals surface area (Å²) in [4.78, 5) is 35.3. The summed E-state index contributed by atoms with van der Waals surface area (Å²) in [6, 6.07) is 13.5. The molecule has 0 aliphatic carbocycles. The second kappa shape index (κ2) is 10.6. The van der Waals surface area contributed by atoms with Gasteiger partial charge < -0.3 is 26.0 Å². The van der Waals surface area contributed by atoms with Gasteiger partial charge in [-0.05, 0) is 48.4 Å². The highest BCUT2D eigenvalue weighted by molar-refractivity contribution is 6.31. The normalized spacial score (nSPS) is 15.7. The molecule has 0 unspecified atom stereocenters. The number of aromatic nitrogens is 3. The van der Waals surface area contributed by atoms with Crippen LogP contribution in [0.4, 0.5) is 19.0 Å². The van der Waals surface area contributed by atoms with Gasteiger partial charge in [-0.15, -0.1) is 0 Å². The summed E-state index contributed by atoms with van der Waals surface area (Å²) in [7, 11) is 0. The molecule has 0 saturated carbocycles. The zero-order valence-electron chi connectivity index (χ0n) is 19.2. The molecule has 194 valence electrons. The number of fused-ring (bicyclic) bond motifs is 2. The zero-order valence-corrected chi connectivity index (χ0v) is 20.0. The fourth-order valence-corrected chi connectivity index (χ4v) is 4.20. The molecule has 0 radical (unpaired) electrons. The number of alkyl halides is 3. The molecule has 0 bridgehead atoms. The van der Waals surface area contributed by atoms with Crippen LogP contribution in [0.5, 0.6) is 0 Å². The van der Waals surface area contributed by atoms with Crippen LogP contribution in [0.3, 0.4) is 0 Å². The molecule has 13 heteroatoms. The predicted molar refractivity (Wildman–Crippen MR) is 132 cm³/mol. The summed E-state index contributed by atoms with van der Waals surface area (Å²) in [6.07, 6.45) is -2.84. The number of hydrogen-bond acceptors (Lipinski definition) is 6. The minimum absolute atomic E-state index is 0.122. The van der Waals surface area contributed by atoms with Crippen LogP contribution in [0.15, 0.2) is 48.8 Å². The first-order valence-electron chi connectivity index (χ1n) is 11.1. The van der Waals surface area contributed by atoms with Gasteiger partial charge in [0.15, 0.2) is 0 Å². The number of nitrogens with one attached hydrogen (secondary N) is 2. The zero-order chi connectivity index (χ0) is 26.7. The Kier molecular flexibility index (Phi) is 7.50. The van der Waals surface area contributed by atoms with E-state index in [0.29, 0.717) is 23.9 Å².